The van der Waals surface area contributed by atoms with E-state index in [1.807, 2.05) is 37.3 Å². The van der Waals surface area contributed by atoms with Crippen LogP contribution in [0.1, 0.15) is 41.3 Å². The van der Waals surface area contributed by atoms with E-state index >= 15 is 0 Å². The van der Waals surface area contributed by atoms with E-state index in [1.54, 1.807) is 12.1 Å². The summed E-state index contributed by atoms with van der Waals surface area (Å²) in [6, 6.07) is 13.0. The minimum Gasteiger partial charge on any atom is -0.478 e. The molecule has 1 saturated heterocycles. The number of carboxylic acid groups (broad SMARTS) is 1. The van der Waals surface area contributed by atoms with E-state index < -0.39 is 5.97 Å². The quantitative estimate of drug-likeness (QED) is 0.835. The number of benzene rings is 2. The van der Waals surface area contributed by atoms with Gasteiger partial charge in [0, 0.05) is 18.8 Å². The molecule has 0 bridgehead atoms. The lowest BCUT2D eigenvalue weighted by molar-refractivity contribution is -0.115. The number of carboxylic acids is 1. The highest BCUT2D eigenvalue weighted by Crippen LogP contribution is 2.27. The molecule has 1 atom stereocenters. The van der Waals surface area contributed by atoms with Gasteiger partial charge in [-0.05, 0) is 49.4 Å². The Morgan fingerprint density at radius 3 is 2.59 bits per heavy atom. The number of piperidine rings is 1. The first-order valence-electron chi connectivity index (χ1n) is 9.40. The Morgan fingerprint density at radius 2 is 1.93 bits per heavy atom. The van der Waals surface area contributed by atoms with Crippen molar-refractivity contribution >= 4 is 23.3 Å². The third kappa shape index (κ3) is 4.88. The van der Waals surface area contributed by atoms with Crippen LogP contribution in [0.3, 0.4) is 0 Å². The maximum atomic E-state index is 12.4. The molecule has 27 heavy (non-hydrogen) atoms. The smallest absolute Gasteiger partial charge is 0.337 e. The van der Waals surface area contributed by atoms with Crippen molar-refractivity contribution in [2.24, 2.45) is 5.92 Å². The van der Waals surface area contributed by atoms with E-state index in [9.17, 15) is 14.7 Å². The van der Waals surface area contributed by atoms with Gasteiger partial charge in [-0.2, -0.15) is 0 Å². The maximum absolute atomic E-state index is 12.4. The van der Waals surface area contributed by atoms with Crippen LogP contribution in [0.25, 0.3) is 0 Å². The number of aryl methyl sites for hydroxylation is 1. The lowest BCUT2D eigenvalue weighted by atomic mass is 9.99. The summed E-state index contributed by atoms with van der Waals surface area (Å²) in [4.78, 5) is 26.3. The highest BCUT2D eigenvalue weighted by Gasteiger charge is 2.20. The number of nitrogens with one attached hydrogen (secondary N) is 1. The summed E-state index contributed by atoms with van der Waals surface area (Å²) < 4.78 is 0. The normalized spacial score (nSPS) is 16.8. The van der Waals surface area contributed by atoms with Gasteiger partial charge in [0.25, 0.3) is 0 Å². The van der Waals surface area contributed by atoms with Crippen molar-refractivity contribution in [3.63, 3.8) is 0 Å². The van der Waals surface area contributed by atoms with Gasteiger partial charge in [0.1, 0.15) is 0 Å². The Balaban J connectivity index is 1.75. The van der Waals surface area contributed by atoms with Crippen molar-refractivity contribution in [1.82, 2.24) is 0 Å². The van der Waals surface area contributed by atoms with Crippen molar-refractivity contribution < 1.29 is 14.7 Å². The van der Waals surface area contributed by atoms with Crippen LogP contribution in [0.5, 0.6) is 0 Å². The zero-order valence-corrected chi connectivity index (χ0v) is 15.9. The molecule has 3 rings (SSSR count). The minimum atomic E-state index is -1.03. The molecule has 5 heteroatoms. The van der Waals surface area contributed by atoms with Crippen molar-refractivity contribution in [3.05, 3.63) is 59.2 Å². The lowest BCUT2D eigenvalue weighted by Crippen LogP contribution is -2.34. The molecular weight excluding hydrogens is 340 g/mol. The fraction of sp³-hybridized carbons (Fsp3) is 0.364. The average Bonchev–Trinajstić information content (AvgIpc) is 2.63. The molecule has 2 aromatic carbocycles. The van der Waals surface area contributed by atoms with Gasteiger partial charge in [-0.25, -0.2) is 4.79 Å². The fourth-order valence-electron chi connectivity index (χ4n) is 3.52. The molecule has 2 aromatic rings. The molecule has 0 saturated carbocycles. The molecule has 1 aliphatic heterocycles. The number of rotatable bonds is 5. The second-order valence-corrected chi connectivity index (χ2v) is 7.44. The number of aromatic carboxylic acids is 1. The number of anilines is 2. The molecule has 0 unspecified atom stereocenters. The Hall–Kier alpha value is -2.82. The van der Waals surface area contributed by atoms with Gasteiger partial charge < -0.3 is 15.3 Å². The summed E-state index contributed by atoms with van der Waals surface area (Å²) in [5, 5.41) is 12.4. The van der Waals surface area contributed by atoms with Crippen LogP contribution >= 0.6 is 0 Å². The van der Waals surface area contributed by atoms with E-state index in [-0.39, 0.29) is 17.9 Å². The van der Waals surface area contributed by atoms with E-state index in [0.717, 1.165) is 36.3 Å². The predicted molar refractivity (Wildman–Crippen MR) is 108 cm³/mol. The van der Waals surface area contributed by atoms with Crippen LogP contribution in [0, 0.1) is 12.8 Å². The van der Waals surface area contributed by atoms with Gasteiger partial charge in [-0.1, -0.05) is 36.8 Å². The van der Waals surface area contributed by atoms with Gasteiger partial charge in [0.15, 0.2) is 0 Å². The molecule has 1 fully saturated rings. The monoisotopic (exact) mass is 366 g/mol. The number of nitrogens with zero attached hydrogens (tertiary/aromatic N) is 1. The van der Waals surface area contributed by atoms with E-state index in [4.69, 9.17) is 0 Å². The number of amides is 1. The summed E-state index contributed by atoms with van der Waals surface area (Å²) in [5.41, 5.74) is 3.40. The third-order valence-electron chi connectivity index (χ3n) is 5.02. The van der Waals surface area contributed by atoms with Crippen molar-refractivity contribution in [3.8, 4) is 0 Å². The van der Waals surface area contributed by atoms with Gasteiger partial charge in [0.2, 0.25) is 5.91 Å². The Morgan fingerprint density at radius 1 is 1.19 bits per heavy atom. The molecule has 5 nitrogen and oxygen atoms in total. The van der Waals surface area contributed by atoms with E-state index in [1.165, 1.54) is 6.42 Å². The fourth-order valence-corrected chi connectivity index (χ4v) is 3.52. The second-order valence-electron chi connectivity index (χ2n) is 7.44. The number of hydrogen-bond acceptors (Lipinski definition) is 3. The van der Waals surface area contributed by atoms with Crippen LogP contribution in [0.15, 0.2) is 42.5 Å². The largest absolute Gasteiger partial charge is 0.478 e. The van der Waals surface area contributed by atoms with E-state index in [0.29, 0.717) is 11.6 Å². The molecule has 0 radical (unpaired) electrons. The molecule has 1 heterocycles. The summed E-state index contributed by atoms with van der Waals surface area (Å²) in [5.74, 6) is -0.658. The summed E-state index contributed by atoms with van der Waals surface area (Å²) in [6.07, 6.45) is 2.53. The summed E-state index contributed by atoms with van der Waals surface area (Å²) in [6.45, 7) is 6.07. The molecule has 1 aliphatic rings. The van der Waals surface area contributed by atoms with Gasteiger partial charge in [-0.3, -0.25) is 4.79 Å². The molecule has 0 aliphatic carbocycles. The van der Waals surface area contributed by atoms with Crippen molar-refractivity contribution in [2.45, 2.75) is 33.1 Å². The van der Waals surface area contributed by atoms with Crippen LogP contribution in [-0.4, -0.2) is 30.1 Å². The Bertz CT molecular complexity index is 830. The molecule has 2 N–H and O–H groups in total. The second kappa shape index (κ2) is 8.25. The van der Waals surface area contributed by atoms with Gasteiger partial charge in [-0.15, -0.1) is 0 Å². The topological polar surface area (TPSA) is 69.6 Å². The first-order chi connectivity index (χ1) is 12.9. The zero-order chi connectivity index (χ0) is 19.4. The molecule has 142 valence electrons. The maximum Gasteiger partial charge on any atom is 0.337 e. The first kappa shape index (κ1) is 19.0. The Kier molecular flexibility index (Phi) is 5.79. The SMILES string of the molecule is Cc1ccc(CC(=O)Nc2ccc(N3CCC[C@@H](C)C3)cc2C(=O)O)cc1. The Labute approximate surface area is 160 Å². The third-order valence-corrected chi connectivity index (χ3v) is 5.02. The van der Waals surface area contributed by atoms with Crippen LogP contribution in [-0.2, 0) is 11.2 Å². The number of carbonyl (C=O) groups is 2. The highest BCUT2D eigenvalue weighted by molar-refractivity contribution is 6.01. The number of carbonyl (C=O) groups excluding carboxylic acids is 1. The highest BCUT2D eigenvalue weighted by atomic mass is 16.4. The van der Waals surface area contributed by atoms with Gasteiger partial charge in [0.05, 0.1) is 17.7 Å². The predicted octanol–water partition coefficient (Wildman–Crippen LogP) is 4.11. The minimum absolute atomic E-state index is 0.128. The lowest BCUT2D eigenvalue weighted by Gasteiger charge is -2.33. The molecule has 0 aromatic heterocycles. The first-order valence-corrected chi connectivity index (χ1v) is 9.40. The van der Waals surface area contributed by atoms with Gasteiger partial charge >= 0.3 is 5.97 Å². The van der Waals surface area contributed by atoms with E-state index in [2.05, 4.69) is 17.1 Å². The zero-order valence-electron chi connectivity index (χ0n) is 15.9. The van der Waals surface area contributed by atoms with Crippen LogP contribution in [0.2, 0.25) is 0 Å². The molecule has 0 spiro atoms. The summed E-state index contributed by atoms with van der Waals surface area (Å²) >= 11 is 0. The standard InChI is InChI=1S/C22H26N2O3/c1-15-5-7-17(8-6-15)12-21(25)23-20-10-9-18(13-19(20)22(26)27)24-11-3-4-16(2)14-24/h5-10,13,16H,3-4,11-12,14H2,1-2H3,(H,23,25)(H,26,27)/t16-/m1/s1. The van der Waals surface area contributed by atoms with Crippen molar-refractivity contribution in [2.75, 3.05) is 23.3 Å². The average molecular weight is 366 g/mol. The van der Waals surface area contributed by atoms with Crippen LogP contribution in [0.4, 0.5) is 11.4 Å². The summed E-state index contributed by atoms with van der Waals surface area (Å²) in [7, 11) is 0. The van der Waals surface area contributed by atoms with Crippen LogP contribution < -0.4 is 10.2 Å². The molecule has 1 amide bonds. The number of hydrogen-bond donors (Lipinski definition) is 2. The molecular formula is C22H26N2O3. The van der Waals surface area contributed by atoms with Crippen molar-refractivity contribution in [1.29, 1.82) is 0 Å².